The summed E-state index contributed by atoms with van der Waals surface area (Å²) in [6.07, 6.45) is 2.54. The number of esters is 1. The van der Waals surface area contributed by atoms with Crippen LogP contribution in [0.2, 0.25) is 0 Å². The van der Waals surface area contributed by atoms with Crippen LogP contribution in [0, 0.1) is 11.8 Å². The van der Waals surface area contributed by atoms with Crippen molar-refractivity contribution in [3.8, 4) is 0 Å². The Labute approximate surface area is 219 Å². The van der Waals surface area contributed by atoms with Crippen LogP contribution in [0.1, 0.15) is 37.7 Å². The van der Waals surface area contributed by atoms with E-state index in [4.69, 9.17) is 14.2 Å². The summed E-state index contributed by atoms with van der Waals surface area (Å²) in [4.78, 5) is 15.4. The molecule has 0 radical (unpaired) electrons. The molecule has 0 aromatic heterocycles. The minimum Gasteiger partial charge on any atom is -0.461 e. The van der Waals surface area contributed by atoms with E-state index >= 15 is 0 Å². The van der Waals surface area contributed by atoms with Gasteiger partial charge in [0.05, 0.1) is 48.0 Å². The van der Waals surface area contributed by atoms with Gasteiger partial charge in [0.25, 0.3) is 0 Å². The molecule has 2 aromatic rings. The van der Waals surface area contributed by atoms with E-state index in [9.17, 15) is 13.2 Å². The normalized spacial score (nSPS) is 34.4. The van der Waals surface area contributed by atoms with Crippen molar-refractivity contribution in [2.24, 2.45) is 11.8 Å². The van der Waals surface area contributed by atoms with Gasteiger partial charge in [0, 0.05) is 13.1 Å². The third-order valence-electron chi connectivity index (χ3n) is 8.99. The monoisotopic (exact) mass is 525 g/mol. The zero-order chi connectivity index (χ0) is 25.5. The molecule has 0 N–H and O–H groups in total. The van der Waals surface area contributed by atoms with Crippen molar-refractivity contribution in [3.05, 3.63) is 66.2 Å². The van der Waals surface area contributed by atoms with Crippen LogP contribution in [0.4, 0.5) is 0 Å². The topological polar surface area (TPSA) is 82.1 Å². The Morgan fingerprint density at radius 2 is 1.70 bits per heavy atom. The molecule has 0 amide bonds. The first-order valence-electron chi connectivity index (χ1n) is 13.4. The Morgan fingerprint density at radius 3 is 2.43 bits per heavy atom. The second-order valence-corrected chi connectivity index (χ2v) is 13.2. The molecule has 198 valence electrons. The molecule has 2 aromatic carbocycles. The summed E-state index contributed by atoms with van der Waals surface area (Å²) >= 11 is 0. The standard InChI is InChI=1S/C29H35NO6S/c31-27-17-24-25(18-26(36-27)28(24)30-13-15-34-16-14-30)29(35-20-21-7-3-1-4-8-21)12-11-23(19-29)37(32,33)22-9-5-2-6-10-22/h1-10,23-26,28H,11-20H2. The molecule has 37 heavy (non-hydrogen) atoms. The maximum atomic E-state index is 13.6. The number of hydrogen-bond donors (Lipinski definition) is 0. The minimum atomic E-state index is -3.49. The molecular weight excluding hydrogens is 490 g/mol. The number of hydrogen-bond acceptors (Lipinski definition) is 7. The SMILES string of the molecule is O=C1CC2C(N3CCOCC3)C(CC2C2(OCc3ccccc3)CCC(S(=O)(=O)c3ccccc3)C2)O1. The summed E-state index contributed by atoms with van der Waals surface area (Å²) < 4.78 is 45.6. The van der Waals surface area contributed by atoms with E-state index in [1.165, 1.54) is 0 Å². The van der Waals surface area contributed by atoms with E-state index < -0.39 is 20.7 Å². The van der Waals surface area contributed by atoms with Crippen LogP contribution >= 0.6 is 0 Å². The predicted molar refractivity (Wildman–Crippen MR) is 138 cm³/mol. The molecule has 2 bridgehead atoms. The third kappa shape index (κ3) is 4.73. The Balaban J connectivity index is 1.32. The molecule has 2 saturated carbocycles. The van der Waals surface area contributed by atoms with Crippen molar-refractivity contribution < 1.29 is 27.4 Å². The summed E-state index contributed by atoms with van der Waals surface area (Å²) in [5, 5.41) is -0.510. The summed E-state index contributed by atoms with van der Waals surface area (Å²) in [5.41, 5.74) is 0.439. The summed E-state index contributed by atoms with van der Waals surface area (Å²) in [6, 6.07) is 18.9. The molecule has 8 heteroatoms. The van der Waals surface area contributed by atoms with Gasteiger partial charge in [-0.15, -0.1) is 0 Å². The highest BCUT2D eigenvalue weighted by atomic mass is 32.2. The zero-order valence-electron chi connectivity index (χ0n) is 21.0. The Hall–Kier alpha value is -2.26. The number of rotatable bonds is 7. The number of morpholine rings is 1. The number of sulfone groups is 1. The highest BCUT2D eigenvalue weighted by Crippen LogP contribution is 2.55. The Bertz CT molecular complexity index is 1200. The van der Waals surface area contributed by atoms with Gasteiger partial charge >= 0.3 is 5.97 Å². The Kier molecular flexibility index (Phi) is 6.86. The van der Waals surface area contributed by atoms with E-state index in [1.807, 2.05) is 36.4 Å². The van der Waals surface area contributed by atoms with Crippen molar-refractivity contribution in [2.45, 2.75) is 66.6 Å². The first-order valence-corrected chi connectivity index (χ1v) is 15.0. The van der Waals surface area contributed by atoms with E-state index in [2.05, 4.69) is 4.90 Å². The van der Waals surface area contributed by atoms with Crippen LogP contribution in [0.3, 0.4) is 0 Å². The van der Waals surface area contributed by atoms with Gasteiger partial charge < -0.3 is 14.2 Å². The lowest BCUT2D eigenvalue weighted by molar-refractivity contribution is -0.162. The van der Waals surface area contributed by atoms with Crippen LogP contribution in [-0.4, -0.2) is 68.6 Å². The highest BCUT2D eigenvalue weighted by molar-refractivity contribution is 7.92. The molecule has 4 aliphatic rings. The quantitative estimate of drug-likeness (QED) is 0.511. The van der Waals surface area contributed by atoms with Gasteiger partial charge in [-0.25, -0.2) is 8.42 Å². The smallest absolute Gasteiger partial charge is 0.306 e. The number of fused-ring (bicyclic) bond motifs is 2. The molecule has 2 aliphatic heterocycles. The lowest BCUT2D eigenvalue weighted by atomic mass is 9.76. The van der Waals surface area contributed by atoms with Gasteiger partial charge in [0.1, 0.15) is 6.10 Å². The average Bonchev–Trinajstić information content (AvgIpc) is 3.48. The first-order chi connectivity index (χ1) is 18.0. The molecular formula is C29H35NO6S. The van der Waals surface area contributed by atoms with Crippen molar-refractivity contribution >= 4 is 15.8 Å². The summed E-state index contributed by atoms with van der Waals surface area (Å²) in [5.74, 6) is -0.0125. The van der Waals surface area contributed by atoms with Gasteiger partial charge in [-0.1, -0.05) is 48.5 Å². The van der Waals surface area contributed by atoms with Crippen LogP contribution in [0.5, 0.6) is 0 Å². The number of ether oxygens (including phenoxy) is 3. The fourth-order valence-corrected chi connectivity index (χ4v) is 9.14. The van der Waals surface area contributed by atoms with Gasteiger partial charge in [0.15, 0.2) is 9.84 Å². The largest absolute Gasteiger partial charge is 0.461 e. The minimum absolute atomic E-state index is 0.0523. The lowest BCUT2D eigenvalue weighted by Gasteiger charge is -2.43. The van der Waals surface area contributed by atoms with Gasteiger partial charge in [-0.3, -0.25) is 9.69 Å². The van der Waals surface area contributed by atoms with E-state index in [1.54, 1.807) is 24.3 Å². The fourth-order valence-electron chi connectivity index (χ4n) is 7.29. The van der Waals surface area contributed by atoms with E-state index in [-0.39, 0.29) is 30.0 Å². The average molecular weight is 526 g/mol. The summed E-state index contributed by atoms with van der Waals surface area (Å²) in [7, 11) is -3.49. The van der Waals surface area contributed by atoms with Gasteiger partial charge in [0.2, 0.25) is 0 Å². The maximum absolute atomic E-state index is 13.6. The van der Waals surface area contributed by atoms with E-state index in [0.29, 0.717) is 56.8 Å². The molecule has 2 heterocycles. The van der Waals surface area contributed by atoms with Gasteiger partial charge in [-0.05, 0) is 55.2 Å². The molecule has 2 saturated heterocycles. The van der Waals surface area contributed by atoms with Crippen LogP contribution < -0.4 is 0 Å². The number of carbonyl (C=O) groups excluding carboxylic acids is 1. The molecule has 7 nitrogen and oxygen atoms in total. The van der Waals surface area contributed by atoms with Crippen LogP contribution in [0.25, 0.3) is 0 Å². The Morgan fingerprint density at radius 1 is 1.00 bits per heavy atom. The molecule has 2 aliphatic carbocycles. The highest BCUT2D eigenvalue weighted by Gasteiger charge is 2.61. The second-order valence-electron chi connectivity index (χ2n) is 10.9. The molecule has 0 spiro atoms. The zero-order valence-corrected chi connectivity index (χ0v) is 21.9. The number of nitrogens with zero attached hydrogens (tertiary/aromatic N) is 1. The first kappa shape index (κ1) is 25.0. The second kappa shape index (κ2) is 10.1. The van der Waals surface area contributed by atoms with E-state index in [0.717, 1.165) is 18.7 Å². The fraction of sp³-hybridized carbons (Fsp3) is 0.552. The van der Waals surface area contributed by atoms with Gasteiger partial charge in [-0.2, -0.15) is 0 Å². The van der Waals surface area contributed by atoms with Crippen molar-refractivity contribution in [2.75, 3.05) is 26.3 Å². The summed E-state index contributed by atoms with van der Waals surface area (Å²) in [6.45, 7) is 3.43. The lowest BCUT2D eigenvalue weighted by Crippen LogP contribution is -2.54. The maximum Gasteiger partial charge on any atom is 0.306 e. The molecule has 6 rings (SSSR count). The van der Waals surface area contributed by atoms with Crippen molar-refractivity contribution in [1.29, 1.82) is 0 Å². The molecule has 6 unspecified atom stereocenters. The number of benzene rings is 2. The predicted octanol–water partition coefficient (Wildman–Crippen LogP) is 3.62. The van der Waals surface area contributed by atoms with Crippen LogP contribution in [0.15, 0.2) is 65.6 Å². The third-order valence-corrected chi connectivity index (χ3v) is 11.2. The van der Waals surface area contributed by atoms with Crippen molar-refractivity contribution in [3.63, 3.8) is 0 Å². The molecule has 4 fully saturated rings. The molecule has 6 atom stereocenters. The van der Waals surface area contributed by atoms with Crippen molar-refractivity contribution in [1.82, 2.24) is 4.90 Å². The van der Waals surface area contributed by atoms with Crippen LogP contribution in [-0.2, 0) is 35.4 Å². The number of carbonyl (C=O) groups is 1.